The molecule has 2 aromatic carbocycles. The standard InChI is InChI=1S/C21H19Cl2N3OS2/c1-21(2,3)13-6-4-12(5-7-13)18(27)25-19(28)26-20-24-17(11-29-20)15-9-8-14(22)10-16(15)23/h4-11H,1-3H3,(H2,24,25,26,27,28). The molecule has 8 heteroatoms. The summed E-state index contributed by atoms with van der Waals surface area (Å²) >= 11 is 18.8. The van der Waals surface area contributed by atoms with E-state index in [9.17, 15) is 4.79 Å². The highest BCUT2D eigenvalue weighted by molar-refractivity contribution is 7.80. The van der Waals surface area contributed by atoms with E-state index in [-0.39, 0.29) is 16.4 Å². The lowest BCUT2D eigenvalue weighted by Crippen LogP contribution is -2.34. The third-order valence-corrected chi connectivity index (χ3v) is 5.68. The van der Waals surface area contributed by atoms with Gasteiger partial charge in [-0.25, -0.2) is 4.98 Å². The van der Waals surface area contributed by atoms with Crippen molar-refractivity contribution in [2.45, 2.75) is 26.2 Å². The van der Waals surface area contributed by atoms with Gasteiger partial charge < -0.3 is 5.32 Å². The minimum Gasteiger partial charge on any atom is -0.308 e. The molecule has 0 spiro atoms. The van der Waals surface area contributed by atoms with Crippen LogP contribution >= 0.6 is 46.8 Å². The summed E-state index contributed by atoms with van der Waals surface area (Å²) in [5.41, 5.74) is 3.20. The van der Waals surface area contributed by atoms with E-state index in [0.29, 0.717) is 26.4 Å². The third-order valence-electron chi connectivity index (χ3n) is 4.17. The molecule has 0 unspecified atom stereocenters. The fourth-order valence-electron chi connectivity index (χ4n) is 2.58. The van der Waals surface area contributed by atoms with E-state index in [1.807, 2.05) is 23.6 Å². The second-order valence-corrected chi connectivity index (χ2v) is 9.51. The maximum absolute atomic E-state index is 12.4. The number of anilines is 1. The first kappa shape index (κ1) is 21.7. The van der Waals surface area contributed by atoms with Crippen LogP contribution in [0.3, 0.4) is 0 Å². The first-order valence-corrected chi connectivity index (χ1v) is 10.8. The number of nitrogens with one attached hydrogen (secondary N) is 2. The van der Waals surface area contributed by atoms with Crippen molar-refractivity contribution in [2.24, 2.45) is 0 Å². The average molecular weight is 464 g/mol. The summed E-state index contributed by atoms with van der Waals surface area (Å²) in [6.07, 6.45) is 0. The van der Waals surface area contributed by atoms with Crippen molar-refractivity contribution >= 4 is 62.9 Å². The molecule has 0 aliphatic rings. The molecule has 29 heavy (non-hydrogen) atoms. The van der Waals surface area contributed by atoms with Gasteiger partial charge in [-0.05, 0) is 53.5 Å². The topological polar surface area (TPSA) is 54.0 Å². The summed E-state index contributed by atoms with van der Waals surface area (Å²) in [6.45, 7) is 6.38. The van der Waals surface area contributed by atoms with Gasteiger partial charge >= 0.3 is 0 Å². The minimum absolute atomic E-state index is 0.0292. The summed E-state index contributed by atoms with van der Waals surface area (Å²) in [5, 5.41) is 9.28. The number of hydrogen-bond donors (Lipinski definition) is 2. The molecule has 2 N–H and O–H groups in total. The van der Waals surface area contributed by atoms with Crippen LogP contribution in [0.15, 0.2) is 47.8 Å². The van der Waals surface area contributed by atoms with Gasteiger partial charge in [-0.3, -0.25) is 10.1 Å². The number of thiazole rings is 1. The second-order valence-electron chi connectivity index (χ2n) is 7.40. The summed E-state index contributed by atoms with van der Waals surface area (Å²) in [4.78, 5) is 16.9. The predicted molar refractivity (Wildman–Crippen MR) is 126 cm³/mol. The van der Waals surface area contributed by atoms with Crippen molar-refractivity contribution < 1.29 is 4.79 Å². The van der Waals surface area contributed by atoms with E-state index in [1.165, 1.54) is 11.3 Å². The molecule has 1 aromatic heterocycles. The molecule has 0 fully saturated rings. The Morgan fingerprint density at radius 3 is 2.41 bits per heavy atom. The zero-order chi connectivity index (χ0) is 21.2. The molecule has 0 bridgehead atoms. The van der Waals surface area contributed by atoms with Gasteiger partial charge in [0.15, 0.2) is 10.2 Å². The number of carbonyl (C=O) groups excluding carboxylic acids is 1. The van der Waals surface area contributed by atoms with E-state index in [1.54, 1.807) is 24.3 Å². The van der Waals surface area contributed by atoms with Crippen LogP contribution in [0.25, 0.3) is 11.3 Å². The van der Waals surface area contributed by atoms with Crippen LogP contribution in [-0.4, -0.2) is 16.0 Å². The van der Waals surface area contributed by atoms with Gasteiger partial charge in [0.05, 0.1) is 10.7 Å². The smallest absolute Gasteiger partial charge is 0.257 e. The van der Waals surface area contributed by atoms with Gasteiger partial charge in [0, 0.05) is 21.5 Å². The van der Waals surface area contributed by atoms with Crippen molar-refractivity contribution in [3.63, 3.8) is 0 Å². The highest BCUT2D eigenvalue weighted by atomic mass is 35.5. The number of halogens is 2. The second kappa shape index (κ2) is 8.79. The molecule has 0 atom stereocenters. The molecule has 3 aromatic rings. The molecule has 3 rings (SSSR count). The Bertz CT molecular complexity index is 1060. The number of rotatable bonds is 3. The van der Waals surface area contributed by atoms with Crippen LogP contribution in [0.5, 0.6) is 0 Å². The lowest BCUT2D eigenvalue weighted by atomic mass is 9.87. The molecular formula is C21H19Cl2N3OS2. The largest absolute Gasteiger partial charge is 0.308 e. The van der Waals surface area contributed by atoms with E-state index in [2.05, 4.69) is 36.4 Å². The van der Waals surface area contributed by atoms with Crippen molar-refractivity contribution in [1.82, 2.24) is 10.3 Å². The van der Waals surface area contributed by atoms with Crippen LogP contribution in [0.1, 0.15) is 36.7 Å². The zero-order valence-electron chi connectivity index (χ0n) is 16.0. The molecular weight excluding hydrogens is 445 g/mol. The van der Waals surface area contributed by atoms with Crippen LogP contribution in [0, 0.1) is 0 Å². The van der Waals surface area contributed by atoms with Crippen molar-refractivity contribution in [1.29, 1.82) is 0 Å². The lowest BCUT2D eigenvalue weighted by Gasteiger charge is -2.19. The number of aromatic nitrogens is 1. The predicted octanol–water partition coefficient (Wildman–Crippen LogP) is 6.54. The summed E-state index contributed by atoms with van der Waals surface area (Å²) in [5.74, 6) is -0.277. The highest BCUT2D eigenvalue weighted by Crippen LogP contribution is 2.32. The molecule has 0 saturated heterocycles. The van der Waals surface area contributed by atoms with Gasteiger partial charge in [-0.1, -0.05) is 56.1 Å². The average Bonchev–Trinajstić information content (AvgIpc) is 3.09. The molecule has 0 radical (unpaired) electrons. The maximum Gasteiger partial charge on any atom is 0.257 e. The van der Waals surface area contributed by atoms with Crippen molar-refractivity contribution in [2.75, 3.05) is 5.32 Å². The monoisotopic (exact) mass is 463 g/mol. The quantitative estimate of drug-likeness (QED) is 0.432. The molecule has 1 amide bonds. The van der Waals surface area contributed by atoms with E-state index < -0.39 is 0 Å². The lowest BCUT2D eigenvalue weighted by molar-refractivity contribution is 0.0977. The Kier molecular flexibility index (Phi) is 6.58. The molecule has 4 nitrogen and oxygen atoms in total. The first-order valence-electron chi connectivity index (χ1n) is 8.77. The van der Waals surface area contributed by atoms with Gasteiger partial charge in [0.1, 0.15) is 0 Å². The normalized spacial score (nSPS) is 11.2. The Labute approximate surface area is 189 Å². The summed E-state index contributed by atoms with van der Waals surface area (Å²) in [6, 6.07) is 12.7. The molecule has 0 aliphatic carbocycles. The maximum atomic E-state index is 12.4. The van der Waals surface area contributed by atoms with Gasteiger partial charge in [-0.2, -0.15) is 0 Å². The Hall–Kier alpha value is -1.99. The third kappa shape index (κ3) is 5.54. The van der Waals surface area contributed by atoms with Gasteiger partial charge in [0.2, 0.25) is 0 Å². The molecule has 1 heterocycles. The fraction of sp³-hybridized carbons (Fsp3) is 0.190. The van der Waals surface area contributed by atoms with Crippen LogP contribution in [-0.2, 0) is 5.41 Å². The Morgan fingerprint density at radius 1 is 1.10 bits per heavy atom. The Morgan fingerprint density at radius 2 is 1.79 bits per heavy atom. The number of nitrogens with zero attached hydrogens (tertiary/aromatic N) is 1. The SMILES string of the molecule is CC(C)(C)c1ccc(C(=O)NC(=S)Nc2nc(-c3ccc(Cl)cc3Cl)cs2)cc1. The van der Waals surface area contributed by atoms with Crippen LogP contribution < -0.4 is 10.6 Å². The highest BCUT2D eigenvalue weighted by Gasteiger charge is 2.15. The molecule has 150 valence electrons. The zero-order valence-corrected chi connectivity index (χ0v) is 19.2. The summed E-state index contributed by atoms with van der Waals surface area (Å²) in [7, 11) is 0. The number of amides is 1. The molecule has 0 aliphatic heterocycles. The van der Waals surface area contributed by atoms with Crippen molar-refractivity contribution in [3.05, 3.63) is 69.0 Å². The number of hydrogen-bond acceptors (Lipinski definition) is 4. The first-order chi connectivity index (χ1) is 13.6. The number of carbonyl (C=O) groups is 1. The van der Waals surface area contributed by atoms with E-state index >= 15 is 0 Å². The minimum atomic E-state index is -0.277. The van der Waals surface area contributed by atoms with Gasteiger partial charge in [0.25, 0.3) is 5.91 Å². The van der Waals surface area contributed by atoms with Gasteiger partial charge in [-0.15, -0.1) is 11.3 Å². The molecule has 0 saturated carbocycles. The van der Waals surface area contributed by atoms with Crippen LogP contribution in [0.2, 0.25) is 10.0 Å². The summed E-state index contributed by atoms with van der Waals surface area (Å²) < 4.78 is 0. The number of thiocarbonyl (C=S) groups is 1. The number of benzene rings is 2. The Balaban J connectivity index is 1.64. The van der Waals surface area contributed by atoms with E-state index in [0.717, 1.165) is 11.1 Å². The van der Waals surface area contributed by atoms with Crippen molar-refractivity contribution in [3.8, 4) is 11.3 Å². The van der Waals surface area contributed by atoms with Crippen LogP contribution in [0.4, 0.5) is 5.13 Å². The van der Waals surface area contributed by atoms with E-state index in [4.69, 9.17) is 35.4 Å². The fourth-order valence-corrected chi connectivity index (χ4v) is 4.05.